The molecule has 0 radical (unpaired) electrons. The van der Waals surface area contributed by atoms with Crippen molar-refractivity contribution in [1.82, 2.24) is 0 Å². The number of ketones is 3. The van der Waals surface area contributed by atoms with Crippen LogP contribution in [0.15, 0.2) is 344 Å². The van der Waals surface area contributed by atoms with Crippen molar-refractivity contribution in [3.8, 4) is 0 Å². The fourth-order valence-electron chi connectivity index (χ4n) is 9.99. The van der Waals surface area contributed by atoms with Gasteiger partial charge in [-0.3, -0.25) is 18.9 Å². The zero-order valence-corrected chi connectivity index (χ0v) is 71.7. The fourth-order valence-corrected chi connectivity index (χ4v) is 19.2. The standard InChI is InChI=1S/C42H33O3S4.C18H15S.C17H20I.C6H3BF5.C4HF9O3S.F6P/c1-28(43)31-4-10-34(11-5-31)46-37-16-22-40(23-17-37)49(41-24-18-38(19-25-41)47-35-12-6-32(7-13-35)29(2)44)42-26-20-39(21-27-42)48-36-14-8-33(9-15-36)30(3)45;1-4-10-16(11-5-1)19(17-12-6-2-7-13-17)18-14-8-3-9-15-18;1-13(2)12-15-6-10-17(11-7-15)18-16-8-4-14(3)5-9-16;7-1-2(8)4(10)6(12)5(11)3(1)9;5-1(6,3(9,10)11)2(7,8)4(12,13)17(14,15)16;1-7(2,3,4,5)6/h4-27H,1-3H3;1-15H;4-11,13H,12H2,1-3H3;7H3;(H,14,15,16);/q3*+1;-1;;-1. The third-order valence-corrected chi connectivity index (χ3v) is 26.9. The topological polar surface area (TPSA) is 106 Å². The van der Waals surface area contributed by atoms with E-state index in [4.69, 9.17) is 4.55 Å². The van der Waals surface area contributed by atoms with E-state index in [0.29, 0.717) is 16.7 Å². The third kappa shape index (κ3) is 30.2. The first-order valence-electron chi connectivity index (χ1n) is 35.0. The smallest absolute Gasteiger partial charge is 0.281 e. The van der Waals surface area contributed by atoms with Crippen molar-refractivity contribution in [2.24, 2.45) is 5.92 Å². The minimum atomic E-state index is -10.7. The molecule has 35 heteroatoms. The van der Waals surface area contributed by atoms with E-state index in [0.717, 1.165) is 35.3 Å². The molecule has 12 aromatic rings. The van der Waals surface area contributed by atoms with Crippen LogP contribution in [0.4, 0.5) is 86.6 Å². The monoisotopic (exact) mass is 1950 g/mol. The number of hydrogen-bond donors (Lipinski definition) is 1. The van der Waals surface area contributed by atoms with Gasteiger partial charge >= 0.3 is 87.6 Å². The zero-order valence-electron chi connectivity index (χ0n) is 63.7. The Labute approximate surface area is 720 Å². The van der Waals surface area contributed by atoms with Gasteiger partial charge in [-0.2, -0.15) is 47.9 Å². The molecule has 0 amide bonds. The number of carbonyl (C=O) groups is 3. The number of halogens is 21. The molecule has 0 heterocycles. The number of Topliss-reactive ketones (excluding diaryl/α,β-unsaturated/α-hetero) is 3. The summed E-state index contributed by atoms with van der Waals surface area (Å²) in [4.78, 5) is 49.5. The van der Waals surface area contributed by atoms with Gasteiger partial charge in [0.1, 0.15) is 11.6 Å². The molecule has 0 aliphatic heterocycles. The molecule has 0 aromatic heterocycles. The van der Waals surface area contributed by atoms with Crippen LogP contribution in [0.3, 0.4) is 0 Å². The van der Waals surface area contributed by atoms with Crippen LogP contribution in [0.25, 0.3) is 0 Å². The van der Waals surface area contributed by atoms with E-state index in [1.807, 2.05) is 72.8 Å². The number of carbonyl (C=O) groups excluding carboxylic acids is 3. The summed E-state index contributed by atoms with van der Waals surface area (Å²) in [6.07, 6.45) is -5.95. The molecule has 0 spiro atoms. The first-order chi connectivity index (χ1) is 56.7. The molecule has 12 rings (SSSR count). The van der Waals surface area contributed by atoms with Gasteiger partial charge in [-0.1, -0.05) is 170 Å². The Hall–Kier alpha value is -8.87. The summed E-state index contributed by atoms with van der Waals surface area (Å²) in [6, 6.07) is 99.9. The number of aryl methyl sites for hydroxylation is 1. The van der Waals surface area contributed by atoms with Crippen molar-refractivity contribution in [3.05, 3.63) is 349 Å². The number of rotatable bonds is 22. The SMILES string of the molecule is CC(=O)c1ccc(Sc2ccc([S+](c3ccc(Sc4ccc(C(C)=O)cc4)cc3)c3ccc(Sc4ccc(C(C)=O)cc4)cc3)cc2)cc1.Cc1ccc([I+]c2ccc(CC(C)C)cc2)cc1.F[P-](F)(F)(F)(F)F.O=S(=O)(O)C(F)(F)C(F)(F)C(F)(F)C(F)(F)F.[BH3-]c1c(F)c(F)c(F)c(F)c1F.c1ccc([S+](c2ccccc2)c2ccccc2)cc1. The van der Waals surface area contributed by atoms with E-state index in [9.17, 15) is 109 Å². The van der Waals surface area contributed by atoms with E-state index in [1.54, 1.807) is 56.1 Å². The summed E-state index contributed by atoms with van der Waals surface area (Å²) < 4.78 is 258. The maximum absolute atomic E-state index is 12.5. The molecular weight excluding hydrogens is 1880 g/mol. The molecule has 0 unspecified atom stereocenters. The number of hydrogen-bond acceptors (Lipinski definition) is 8. The van der Waals surface area contributed by atoms with Gasteiger partial charge in [0.05, 0.1) is 21.8 Å². The molecule has 0 aliphatic rings. The van der Waals surface area contributed by atoms with Crippen LogP contribution in [-0.2, 0) is 38.3 Å². The molecule has 0 saturated heterocycles. The molecule has 0 saturated carbocycles. The van der Waals surface area contributed by atoms with Crippen LogP contribution in [-0.4, -0.2) is 61.4 Å². The van der Waals surface area contributed by atoms with Crippen LogP contribution in [0, 0.1) is 49.1 Å². The fraction of sp³-hybridized carbons (Fsp3) is 0.138. The summed E-state index contributed by atoms with van der Waals surface area (Å²) >= 11 is 5.02. The quantitative estimate of drug-likeness (QED) is 0.00817. The first kappa shape index (κ1) is 100. The van der Waals surface area contributed by atoms with Crippen molar-refractivity contribution >= 4 is 106 Å². The van der Waals surface area contributed by atoms with E-state index >= 15 is 0 Å². The Morgan fingerprint density at radius 1 is 0.385 bits per heavy atom. The maximum atomic E-state index is 12.5. The molecule has 0 atom stereocenters. The Balaban J connectivity index is 0.000000230. The van der Waals surface area contributed by atoms with Crippen LogP contribution in [0.2, 0.25) is 0 Å². The molecule has 12 aromatic carbocycles. The summed E-state index contributed by atoms with van der Waals surface area (Å²) in [5.41, 5.74) is 4.33. The second-order valence-electron chi connectivity index (χ2n) is 25.9. The van der Waals surface area contributed by atoms with Gasteiger partial charge in [0, 0.05) is 46.1 Å². The third-order valence-electron chi connectivity index (χ3n) is 15.8. The van der Waals surface area contributed by atoms with Gasteiger partial charge in [0.15, 0.2) is 71.3 Å². The van der Waals surface area contributed by atoms with E-state index in [1.165, 1.54) is 54.1 Å². The van der Waals surface area contributed by atoms with Crippen LogP contribution in [0.5, 0.6) is 0 Å². The van der Waals surface area contributed by atoms with Crippen molar-refractivity contribution < 1.29 is 135 Å². The van der Waals surface area contributed by atoms with Gasteiger partial charge in [-0.15, -0.1) is 5.46 Å². The summed E-state index contributed by atoms with van der Waals surface area (Å²) in [7, 11) is -19.2. The summed E-state index contributed by atoms with van der Waals surface area (Å²) in [5.74, 6) is -22.9. The minimum Gasteiger partial charge on any atom is -0.281 e. The van der Waals surface area contributed by atoms with E-state index in [-0.39, 0.29) is 60.3 Å². The van der Waals surface area contributed by atoms with Crippen LogP contribution >= 0.6 is 43.1 Å². The Morgan fingerprint density at radius 3 is 0.861 bits per heavy atom. The average molecular weight is 1950 g/mol. The molecule has 0 aliphatic carbocycles. The largest absolute Gasteiger partial charge is 0.460 e. The van der Waals surface area contributed by atoms with Gasteiger partial charge in [-0.25, -0.2) is 22.0 Å². The van der Waals surface area contributed by atoms with Gasteiger partial charge in [0.25, 0.3) is 0 Å². The van der Waals surface area contributed by atoms with Crippen molar-refractivity contribution in [3.63, 3.8) is 0 Å². The first-order valence-corrected chi connectivity index (χ1v) is 45.6. The van der Waals surface area contributed by atoms with Gasteiger partial charge in [-0.05, 0) is 223 Å². The van der Waals surface area contributed by atoms with Crippen LogP contribution in [0.1, 0.15) is 76.8 Å². The Kier molecular flexibility index (Phi) is 34.7. The second kappa shape index (κ2) is 42.2. The predicted molar refractivity (Wildman–Crippen MR) is 440 cm³/mol. The Morgan fingerprint density at radius 2 is 0.623 bits per heavy atom. The summed E-state index contributed by atoms with van der Waals surface area (Å²) in [6.45, 7) is 11.4. The molecule has 122 heavy (non-hydrogen) atoms. The molecule has 0 fully saturated rings. The average Bonchev–Trinajstić information content (AvgIpc) is 0.726. The number of alkyl halides is 9. The molecule has 1 N–H and O–H groups in total. The maximum Gasteiger partial charge on any atom is 0.460 e. The van der Waals surface area contributed by atoms with Crippen molar-refractivity contribution in [2.75, 3.05) is 0 Å². The molecule has 6 nitrogen and oxygen atoms in total. The zero-order chi connectivity index (χ0) is 90.6. The van der Waals surface area contributed by atoms with Crippen molar-refractivity contribution in [2.45, 2.75) is 130 Å². The van der Waals surface area contributed by atoms with E-state index < -0.39 is 83.6 Å². The number of benzene rings is 12. The van der Waals surface area contributed by atoms with E-state index in [2.05, 4.69) is 233 Å². The van der Waals surface area contributed by atoms with Crippen LogP contribution < -0.4 is 26.7 Å². The van der Waals surface area contributed by atoms with Gasteiger partial charge < -0.3 is 0 Å². The van der Waals surface area contributed by atoms with Crippen molar-refractivity contribution in [1.29, 1.82) is 0 Å². The molecule has 0 bridgehead atoms. The second-order valence-corrected chi connectivity index (χ2v) is 39.8. The normalized spacial score (nSPS) is 12.3. The molecular formula is C87H72BF20IO6PS6+. The predicted octanol–water partition coefficient (Wildman–Crippen LogP) is 24.0. The molecule has 646 valence electrons. The summed E-state index contributed by atoms with van der Waals surface area (Å²) in [5, 5.41) is -7.00. The van der Waals surface area contributed by atoms with Gasteiger partial charge in [0.2, 0.25) is 0 Å². The Bertz CT molecular complexity index is 5140. The minimum absolute atomic E-state index is 0.0146.